The van der Waals surface area contributed by atoms with Crippen molar-refractivity contribution in [2.45, 2.75) is 16.8 Å². The SMILES string of the molecule is COC(=O)c1cncc(Sc2ccoc2C)n1. The summed E-state index contributed by atoms with van der Waals surface area (Å²) in [7, 11) is 1.31. The lowest BCUT2D eigenvalue weighted by atomic mass is 10.5. The molecule has 0 saturated heterocycles. The summed E-state index contributed by atoms with van der Waals surface area (Å²) in [6, 6.07) is 1.84. The van der Waals surface area contributed by atoms with Crippen molar-refractivity contribution in [1.82, 2.24) is 9.97 Å². The number of carbonyl (C=O) groups excluding carboxylic acids is 1. The van der Waals surface area contributed by atoms with Gasteiger partial charge in [-0.05, 0) is 13.0 Å². The minimum atomic E-state index is -0.496. The maximum atomic E-state index is 11.3. The van der Waals surface area contributed by atoms with E-state index in [1.54, 1.807) is 12.5 Å². The van der Waals surface area contributed by atoms with Crippen LogP contribution in [0.3, 0.4) is 0 Å². The van der Waals surface area contributed by atoms with Gasteiger partial charge in [-0.2, -0.15) is 0 Å². The van der Waals surface area contributed by atoms with Crippen molar-refractivity contribution < 1.29 is 13.9 Å². The minimum absolute atomic E-state index is 0.193. The smallest absolute Gasteiger partial charge is 0.358 e. The third kappa shape index (κ3) is 2.65. The van der Waals surface area contributed by atoms with Gasteiger partial charge in [0, 0.05) is 0 Å². The molecule has 0 saturated carbocycles. The fourth-order valence-corrected chi connectivity index (χ4v) is 1.99. The zero-order chi connectivity index (χ0) is 12.3. The summed E-state index contributed by atoms with van der Waals surface area (Å²) >= 11 is 1.39. The molecular weight excluding hydrogens is 240 g/mol. The van der Waals surface area contributed by atoms with Crippen LogP contribution in [0.4, 0.5) is 0 Å². The number of furan rings is 1. The van der Waals surface area contributed by atoms with Gasteiger partial charge in [0.25, 0.3) is 0 Å². The highest BCUT2D eigenvalue weighted by Gasteiger charge is 2.10. The van der Waals surface area contributed by atoms with Crippen LogP contribution in [0.15, 0.2) is 39.1 Å². The molecule has 2 rings (SSSR count). The van der Waals surface area contributed by atoms with Gasteiger partial charge in [0.1, 0.15) is 10.8 Å². The van der Waals surface area contributed by atoms with E-state index in [2.05, 4.69) is 14.7 Å². The fourth-order valence-electron chi connectivity index (χ4n) is 1.19. The van der Waals surface area contributed by atoms with Crippen molar-refractivity contribution in [3.63, 3.8) is 0 Å². The quantitative estimate of drug-likeness (QED) is 0.779. The maximum Gasteiger partial charge on any atom is 0.358 e. The molecule has 2 heterocycles. The highest BCUT2D eigenvalue weighted by molar-refractivity contribution is 7.99. The van der Waals surface area contributed by atoms with Crippen LogP contribution in [-0.2, 0) is 4.74 Å². The number of rotatable bonds is 3. The molecule has 0 aromatic carbocycles. The van der Waals surface area contributed by atoms with E-state index in [0.29, 0.717) is 5.03 Å². The molecule has 0 N–H and O–H groups in total. The second-order valence-electron chi connectivity index (χ2n) is 3.18. The van der Waals surface area contributed by atoms with E-state index < -0.39 is 5.97 Å². The van der Waals surface area contributed by atoms with Gasteiger partial charge in [-0.3, -0.25) is 4.98 Å². The summed E-state index contributed by atoms with van der Waals surface area (Å²) in [4.78, 5) is 20.3. The van der Waals surface area contributed by atoms with Crippen LogP contribution >= 0.6 is 11.8 Å². The van der Waals surface area contributed by atoms with Crippen LogP contribution in [-0.4, -0.2) is 23.0 Å². The molecule has 0 aliphatic carbocycles. The van der Waals surface area contributed by atoms with Crippen molar-refractivity contribution in [1.29, 1.82) is 0 Å². The highest BCUT2D eigenvalue weighted by Crippen LogP contribution is 2.29. The Labute approximate surface area is 102 Å². The first-order valence-corrected chi connectivity index (χ1v) is 5.64. The molecule has 2 aromatic rings. The molecule has 0 amide bonds. The Hall–Kier alpha value is -1.82. The van der Waals surface area contributed by atoms with Crippen LogP contribution in [0, 0.1) is 6.92 Å². The van der Waals surface area contributed by atoms with Gasteiger partial charge < -0.3 is 9.15 Å². The Balaban J connectivity index is 2.22. The lowest BCUT2D eigenvalue weighted by Crippen LogP contribution is -2.05. The van der Waals surface area contributed by atoms with Gasteiger partial charge >= 0.3 is 5.97 Å². The lowest BCUT2D eigenvalue weighted by Gasteiger charge is -2.01. The number of nitrogens with zero attached hydrogens (tertiary/aromatic N) is 2. The second kappa shape index (κ2) is 5.01. The van der Waals surface area contributed by atoms with E-state index in [9.17, 15) is 4.79 Å². The van der Waals surface area contributed by atoms with Crippen LogP contribution < -0.4 is 0 Å². The predicted molar refractivity (Wildman–Crippen MR) is 60.9 cm³/mol. The molecule has 0 atom stereocenters. The third-order valence-corrected chi connectivity index (χ3v) is 3.08. The van der Waals surface area contributed by atoms with E-state index in [0.717, 1.165) is 10.7 Å². The fraction of sp³-hybridized carbons (Fsp3) is 0.182. The molecule has 17 heavy (non-hydrogen) atoms. The van der Waals surface area contributed by atoms with Gasteiger partial charge in [-0.15, -0.1) is 0 Å². The number of methoxy groups -OCH3 is 1. The summed E-state index contributed by atoms with van der Waals surface area (Å²) in [5, 5.41) is 0.623. The number of ether oxygens (including phenoxy) is 1. The van der Waals surface area contributed by atoms with Crippen molar-refractivity contribution in [2.75, 3.05) is 7.11 Å². The van der Waals surface area contributed by atoms with Gasteiger partial charge in [-0.25, -0.2) is 9.78 Å². The van der Waals surface area contributed by atoms with E-state index in [1.807, 2.05) is 13.0 Å². The highest BCUT2D eigenvalue weighted by atomic mass is 32.2. The monoisotopic (exact) mass is 250 g/mol. The Kier molecular flexibility index (Phi) is 3.43. The maximum absolute atomic E-state index is 11.3. The lowest BCUT2D eigenvalue weighted by molar-refractivity contribution is 0.0592. The van der Waals surface area contributed by atoms with Gasteiger partial charge in [0.15, 0.2) is 5.69 Å². The van der Waals surface area contributed by atoms with Gasteiger partial charge in [0.2, 0.25) is 0 Å². The molecule has 0 bridgehead atoms. The molecule has 0 aliphatic heterocycles. The van der Waals surface area contributed by atoms with E-state index in [1.165, 1.54) is 25.1 Å². The topological polar surface area (TPSA) is 65.2 Å². The van der Waals surface area contributed by atoms with Crippen molar-refractivity contribution in [3.05, 3.63) is 36.2 Å². The summed E-state index contributed by atoms with van der Waals surface area (Å²) in [6.07, 6.45) is 4.57. The van der Waals surface area contributed by atoms with Gasteiger partial charge in [-0.1, -0.05) is 11.8 Å². The molecule has 2 aromatic heterocycles. The average molecular weight is 250 g/mol. The molecule has 0 unspecified atom stereocenters. The molecule has 6 heteroatoms. The number of aryl methyl sites for hydroxylation is 1. The molecule has 0 spiro atoms. The third-order valence-electron chi connectivity index (χ3n) is 2.03. The number of carbonyl (C=O) groups is 1. The van der Waals surface area contributed by atoms with E-state index >= 15 is 0 Å². The zero-order valence-corrected chi connectivity index (χ0v) is 10.2. The number of aromatic nitrogens is 2. The second-order valence-corrected chi connectivity index (χ2v) is 4.24. The largest absolute Gasteiger partial charge is 0.468 e. The first kappa shape index (κ1) is 11.7. The molecule has 0 radical (unpaired) electrons. The van der Waals surface area contributed by atoms with Crippen LogP contribution in [0.1, 0.15) is 16.2 Å². The van der Waals surface area contributed by atoms with Gasteiger partial charge in [0.05, 0.1) is 30.7 Å². The first-order chi connectivity index (χ1) is 8.20. The minimum Gasteiger partial charge on any atom is -0.468 e. The standard InChI is InChI=1S/C11H10N2O3S/c1-7-9(3-4-16-7)17-10-6-12-5-8(13-10)11(14)15-2/h3-6H,1-2H3. The molecule has 0 fully saturated rings. The molecule has 0 aliphatic rings. The van der Waals surface area contributed by atoms with Crippen LogP contribution in [0.5, 0.6) is 0 Å². The van der Waals surface area contributed by atoms with Crippen LogP contribution in [0.25, 0.3) is 0 Å². The van der Waals surface area contributed by atoms with Crippen LogP contribution in [0.2, 0.25) is 0 Å². The number of hydrogen-bond donors (Lipinski definition) is 0. The normalized spacial score (nSPS) is 10.2. The molecule has 88 valence electrons. The van der Waals surface area contributed by atoms with Crippen molar-refractivity contribution in [2.24, 2.45) is 0 Å². The van der Waals surface area contributed by atoms with Crippen molar-refractivity contribution in [3.8, 4) is 0 Å². The van der Waals surface area contributed by atoms with Crippen molar-refractivity contribution >= 4 is 17.7 Å². The predicted octanol–water partition coefficient (Wildman–Crippen LogP) is 2.32. The van der Waals surface area contributed by atoms with E-state index in [-0.39, 0.29) is 5.69 Å². The Morgan fingerprint density at radius 2 is 2.29 bits per heavy atom. The average Bonchev–Trinajstić information content (AvgIpc) is 2.74. The summed E-state index contributed by atoms with van der Waals surface area (Å²) in [5.41, 5.74) is 0.193. The number of esters is 1. The number of hydrogen-bond acceptors (Lipinski definition) is 6. The Morgan fingerprint density at radius 1 is 1.47 bits per heavy atom. The zero-order valence-electron chi connectivity index (χ0n) is 9.34. The summed E-state index contributed by atoms with van der Waals surface area (Å²) < 4.78 is 9.76. The molecular formula is C11H10N2O3S. The van der Waals surface area contributed by atoms with E-state index in [4.69, 9.17) is 4.42 Å². The summed E-state index contributed by atoms with van der Waals surface area (Å²) in [6.45, 7) is 1.86. The summed E-state index contributed by atoms with van der Waals surface area (Å²) in [5.74, 6) is 0.309. The Bertz CT molecular complexity index is 539. The molecule has 5 nitrogen and oxygen atoms in total. The first-order valence-electron chi connectivity index (χ1n) is 4.83. The Morgan fingerprint density at radius 3 is 2.94 bits per heavy atom.